The summed E-state index contributed by atoms with van der Waals surface area (Å²) in [4.78, 5) is 11.5. The van der Waals surface area contributed by atoms with Gasteiger partial charge in [-0.3, -0.25) is 0 Å². The SMILES string of the molecule is CC(C)NC(=O)NCC1(O)Cc2ccccc2C1. The second kappa shape index (κ2) is 4.98. The maximum atomic E-state index is 11.5. The van der Waals surface area contributed by atoms with E-state index in [0.717, 1.165) is 0 Å². The van der Waals surface area contributed by atoms with Crippen molar-refractivity contribution in [1.82, 2.24) is 10.6 Å². The predicted octanol–water partition coefficient (Wildman–Crippen LogP) is 1.22. The highest BCUT2D eigenvalue weighted by atomic mass is 16.3. The molecule has 0 saturated carbocycles. The van der Waals surface area contributed by atoms with Crippen LogP contribution in [0.5, 0.6) is 0 Å². The lowest BCUT2D eigenvalue weighted by atomic mass is 10.0. The molecule has 0 heterocycles. The fourth-order valence-corrected chi connectivity index (χ4v) is 2.36. The summed E-state index contributed by atoms with van der Waals surface area (Å²) >= 11 is 0. The first-order valence-electron chi connectivity index (χ1n) is 6.32. The van der Waals surface area contributed by atoms with Gasteiger partial charge in [-0.1, -0.05) is 24.3 Å². The van der Waals surface area contributed by atoms with Crippen LogP contribution in [0.2, 0.25) is 0 Å². The molecule has 0 atom stereocenters. The van der Waals surface area contributed by atoms with Gasteiger partial charge in [-0.05, 0) is 25.0 Å². The number of aliphatic hydroxyl groups is 1. The van der Waals surface area contributed by atoms with E-state index in [1.54, 1.807) is 0 Å². The lowest BCUT2D eigenvalue weighted by Crippen LogP contribution is -2.48. The summed E-state index contributed by atoms with van der Waals surface area (Å²) in [5.41, 5.74) is 1.50. The van der Waals surface area contributed by atoms with Gasteiger partial charge in [0.1, 0.15) is 0 Å². The van der Waals surface area contributed by atoms with E-state index in [-0.39, 0.29) is 18.6 Å². The smallest absolute Gasteiger partial charge is 0.315 e. The van der Waals surface area contributed by atoms with Crippen molar-refractivity contribution in [3.05, 3.63) is 35.4 Å². The minimum absolute atomic E-state index is 0.0976. The molecule has 1 aromatic carbocycles. The van der Waals surface area contributed by atoms with Gasteiger partial charge in [0.15, 0.2) is 0 Å². The Hall–Kier alpha value is -1.55. The van der Waals surface area contributed by atoms with E-state index in [4.69, 9.17) is 0 Å². The number of amides is 2. The number of rotatable bonds is 3. The van der Waals surface area contributed by atoms with Crippen LogP contribution in [-0.4, -0.2) is 29.3 Å². The second-order valence-electron chi connectivity index (χ2n) is 5.33. The molecule has 0 aliphatic heterocycles. The molecule has 4 nitrogen and oxygen atoms in total. The van der Waals surface area contributed by atoms with E-state index >= 15 is 0 Å². The quantitative estimate of drug-likeness (QED) is 0.753. The molecule has 98 valence electrons. The number of urea groups is 1. The second-order valence-corrected chi connectivity index (χ2v) is 5.33. The highest BCUT2D eigenvalue weighted by Crippen LogP contribution is 2.29. The molecule has 0 bridgehead atoms. The average molecular weight is 248 g/mol. The van der Waals surface area contributed by atoms with Gasteiger partial charge in [0.25, 0.3) is 0 Å². The minimum Gasteiger partial charge on any atom is -0.387 e. The standard InChI is InChI=1S/C14H20N2O2/c1-10(2)16-13(17)15-9-14(18)7-11-5-3-4-6-12(11)8-14/h3-6,10,18H,7-9H2,1-2H3,(H2,15,16,17). The average Bonchev–Trinajstić information content (AvgIpc) is 2.62. The Morgan fingerprint density at radius 2 is 1.89 bits per heavy atom. The molecule has 0 saturated heterocycles. The van der Waals surface area contributed by atoms with Gasteiger partial charge >= 0.3 is 6.03 Å². The monoisotopic (exact) mass is 248 g/mol. The van der Waals surface area contributed by atoms with Gasteiger partial charge in [-0.25, -0.2) is 4.79 Å². The van der Waals surface area contributed by atoms with E-state index in [1.807, 2.05) is 38.1 Å². The number of hydrogen-bond acceptors (Lipinski definition) is 2. The first-order chi connectivity index (χ1) is 8.48. The van der Waals surface area contributed by atoms with Gasteiger partial charge < -0.3 is 15.7 Å². The Bertz CT molecular complexity index is 418. The Kier molecular flexibility index (Phi) is 3.57. The van der Waals surface area contributed by atoms with Crippen LogP contribution < -0.4 is 10.6 Å². The zero-order valence-corrected chi connectivity index (χ0v) is 10.9. The van der Waals surface area contributed by atoms with E-state index in [9.17, 15) is 9.90 Å². The third-order valence-corrected chi connectivity index (χ3v) is 3.16. The molecule has 1 aromatic rings. The van der Waals surface area contributed by atoms with Gasteiger partial charge in [0.05, 0.1) is 5.60 Å². The van der Waals surface area contributed by atoms with Gasteiger partial charge in [-0.2, -0.15) is 0 Å². The number of benzene rings is 1. The summed E-state index contributed by atoms with van der Waals surface area (Å²) in [5.74, 6) is 0. The fourth-order valence-electron chi connectivity index (χ4n) is 2.36. The third kappa shape index (κ3) is 3.01. The number of nitrogens with one attached hydrogen (secondary N) is 2. The maximum absolute atomic E-state index is 11.5. The van der Waals surface area contributed by atoms with Crippen LogP contribution in [-0.2, 0) is 12.8 Å². The molecule has 3 N–H and O–H groups in total. The van der Waals surface area contributed by atoms with Crippen LogP contribution in [0, 0.1) is 0 Å². The molecule has 0 radical (unpaired) electrons. The summed E-state index contributed by atoms with van der Waals surface area (Å²) in [7, 11) is 0. The molecule has 0 spiro atoms. The van der Waals surface area contributed by atoms with Crippen molar-refractivity contribution in [2.45, 2.75) is 38.3 Å². The number of carbonyl (C=O) groups excluding carboxylic acids is 1. The van der Waals surface area contributed by atoms with Crippen molar-refractivity contribution >= 4 is 6.03 Å². The van der Waals surface area contributed by atoms with Crippen molar-refractivity contribution in [1.29, 1.82) is 0 Å². The van der Waals surface area contributed by atoms with Crippen LogP contribution in [0.4, 0.5) is 4.79 Å². The van der Waals surface area contributed by atoms with Crippen molar-refractivity contribution < 1.29 is 9.90 Å². The van der Waals surface area contributed by atoms with Crippen molar-refractivity contribution in [3.63, 3.8) is 0 Å². The molecular weight excluding hydrogens is 228 g/mol. The van der Waals surface area contributed by atoms with Gasteiger partial charge in [0.2, 0.25) is 0 Å². The Labute approximate surface area is 107 Å². The lowest BCUT2D eigenvalue weighted by molar-refractivity contribution is 0.0535. The van der Waals surface area contributed by atoms with Crippen LogP contribution in [0.25, 0.3) is 0 Å². The third-order valence-electron chi connectivity index (χ3n) is 3.16. The summed E-state index contributed by atoms with van der Waals surface area (Å²) < 4.78 is 0. The predicted molar refractivity (Wildman–Crippen MR) is 70.5 cm³/mol. The molecule has 2 rings (SSSR count). The van der Waals surface area contributed by atoms with E-state index < -0.39 is 5.60 Å². The molecule has 1 aliphatic rings. The number of carbonyl (C=O) groups is 1. The summed E-state index contributed by atoms with van der Waals surface area (Å²) in [6.07, 6.45) is 1.20. The summed E-state index contributed by atoms with van der Waals surface area (Å²) in [5, 5.41) is 15.9. The fraction of sp³-hybridized carbons (Fsp3) is 0.500. The normalized spacial score (nSPS) is 16.4. The number of fused-ring (bicyclic) bond motifs is 1. The Morgan fingerprint density at radius 3 is 2.39 bits per heavy atom. The highest BCUT2D eigenvalue weighted by molar-refractivity contribution is 5.74. The van der Waals surface area contributed by atoms with Crippen LogP contribution in [0.15, 0.2) is 24.3 Å². The van der Waals surface area contributed by atoms with E-state index in [2.05, 4.69) is 10.6 Å². The largest absolute Gasteiger partial charge is 0.387 e. The van der Waals surface area contributed by atoms with Crippen molar-refractivity contribution in [2.75, 3.05) is 6.54 Å². The zero-order chi connectivity index (χ0) is 13.2. The Balaban J connectivity index is 1.90. The summed E-state index contributed by atoms with van der Waals surface area (Å²) in [6.45, 7) is 4.08. The van der Waals surface area contributed by atoms with E-state index in [1.165, 1.54) is 11.1 Å². The molecule has 1 aliphatic carbocycles. The molecule has 4 heteroatoms. The minimum atomic E-state index is -0.849. The Morgan fingerprint density at radius 1 is 1.33 bits per heavy atom. The molecule has 0 unspecified atom stereocenters. The van der Waals surface area contributed by atoms with Crippen LogP contribution >= 0.6 is 0 Å². The first kappa shape index (κ1) is 12.9. The molecule has 0 fully saturated rings. The van der Waals surface area contributed by atoms with Gasteiger partial charge in [-0.15, -0.1) is 0 Å². The molecular formula is C14H20N2O2. The topological polar surface area (TPSA) is 61.4 Å². The molecule has 18 heavy (non-hydrogen) atoms. The first-order valence-corrected chi connectivity index (χ1v) is 6.32. The lowest BCUT2D eigenvalue weighted by Gasteiger charge is -2.23. The summed E-state index contributed by atoms with van der Waals surface area (Å²) in [6, 6.07) is 7.88. The molecule has 2 amide bonds. The molecule has 0 aromatic heterocycles. The maximum Gasteiger partial charge on any atom is 0.315 e. The van der Waals surface area contributed by atoms with Crippen LogP contribution in [0.3, 0.4) is 0 Å². The van der Waals surface area contributed by atoms with E-state index in [0.29, 0.717) is 12.8 Å². The van der Waals surface area contributed by atoms with Crippen molar-refractivity contribution in [3.8, 4) is 0 Å². The van der Waals surface area contributed by atoms with Crippen molar-refractivity contribution in [2.24, 2.45) is 0 Å². The van der Waals surface area contributed by atoms with Crippen LogP contribution in [0.1, 0.15) is 25.0 Å². The zero-order valence-electron chi connectivity index (χ0n) is 10.9. The number of hydrogen-bond donors (Lipinski definition) is 3. The highest BCUT2D eigenvalue weighted by Gasteiger charge is 2.35. The van der Waals surface area contributed by atoms with Gasteiger partial charge in [0, 0.05) is 25.4 Å².